The number of esters is 1. The highest BCUT2D eigenvalue weighted by atomic mass is 35.5. The van der Waals surface area contributed by atoms with Crippen LogP contribution in [0, 0.1) is 5.82 Å². The summed E-state index contributed by atoms with van der Waals surface area (Å²) in [6.45, 7) is 2.46. The van der Waals surface area contributed by atoms with Gasteiger partial charge in [0.05, 0.1) is 17.2 Å². The van der Waals surface area contributed by atoms with Crippen molar-refractivity contribution in [2.45, 2.75) is 25.8 Å². The van der Waals surface area contributed by atoms with Gasteiger partial charge in [0, 0.05) is 6.54 Å². The molecule has 4 nitrogen and oxygen atoms in total. The number of amides is 1. The Morgan fingerprint density at radius 2 is 2.25 bits per heavy atom. The smallest absolute Gasteiger partial charge is 0.328 e. The molecular formula is C14H15ClFNO3. The number of carbonyl (C=O) groups excluding carboxylic acids is 2. The van der Waals surface area contributed by atoms with E-state index in [-0.39, 0.29) is 23.1 Å². The van der Waals surface area contributed by atoms with Gasteiger partial charge in [-0.05, 0) is 38.0 Å². The molecule has 0 aromatic heterocycles. The monoisotopic (exact) mass is 299 g/mol. The fraction of sp³-hybridized carbons (Fsp3) is 0.429. The van der Waals surface area contributed by atoms with Gasteiger partial charge in [-0.15, -0.1) is 0 Å². The molecule has 0 aliphatic carbocycles. The molecule has 1 atom stereocenters. The Morgan fingerprint density at radius 1 is 1.50 bits per heavy atom. The Labute approximate surface area is 121 Å². The van der Waals surface area contributed by atoms with E-state index in [0.29, 0.717) is 13.0 Å². The van der Waals surface area contributed by atoms with Gasteiger partial charge in [0.15, 0.2) is 0 Å². The van der Waals surface area contributed by atoms with Crippen molar-refractivity contribution in [3.8, 4) is 0 Å². The second kappa shape index (κ2) is 6.22. The molecule has 1 fully saturated rings. The average Bonchev–Trinajstić information content (AvgIpc) is 2.87. The summed E-state index contributed by atoms with van der Waals surface area (Å²) >= 11 is 5.89. The Hall–Kier alpha value is -1.62. The normalized spacial score (nSPS) is 18.1. The molecule has 0 bridgehead atoms. The SMILES string of the molecule is CCOC(=O)C1CCCN1C(=O)c1ccc(F)cc1Cl. The number of benzene rings is 1. The van der Waals surface area contributed by atoms with Crippen molar-refractivity contribution in [1.29, 1.82) is 0 Å². The molecule has 0 saturated carbocycles. The summed E-state index contributed by atoms with van der Waals surface area (Å²) in [5.41, 5.74) is 0.198. The van der Waals surface area contributed by atoms with Crippen molar-refractivity contribution in [1.82, 2.24) is 4.90 Å². The molecule has 2 rings (SSSR count). The van der Waals surface area contributed by atoms with Gasteiger partial charge in [-0.2, -0.15) is 0 Å². The largest absolute Gasteiger partial charge is 0.464 e. The predicted octanol–water partition coefficient (Wildman–Crippen LogP) is 2.65. The summed E-state index contributed by atoms with van der Waals surface area (Å²) in [5, 5.41) is 0.0458. The molecule has 108 valence electrons. The Bertz CT molecular complexity index is 535. The number of rotatable bonds is 3. The van der Waals surface area contributed by atoms with Crippen molar-refractivity contribution in [3.63, 3.8) is 0 Å². The van der Waals surface area contributed by atoms with Gasteiger partial charge in [0.2, 0.25) is 0 Å². The first-order chi connectivity index (χ1) is 9.54. The fourth-order valence-corrected chi connectivity index (χ4v) is 2.56. The van der Waals surface area contributed by atoms with Crippen LogP contribution in [0.1, 0.15) is 30.1 Å². The topological polar surface area (TPSA) is 46.6 Å². The Morgan fingerprint density at radius 3 is 2.90 bits per heavy atom. The maximum absolute atomic E-state index is 13.0. The molecule has 1 aliphatic rings. The van der Waals surface area contributed by atoms with Gasteiger partial charge in [0.1, 0.15) is 11.9 Å². The summed E-state index contributed by atoms with van der Waals surface area (Å²) in [7, 11) is 0. The van der Waals surface area contributed by atoms with Crippen LogP contribution in [0.4, 0.5) is 4.39 Å². The molecule has 1 saturated heterocycles. The van der Waals surface area contributed by atoms with E-state index < -0.39 is 17.8 Å². The summed E-state index contributed by atoms with van der Waals surface area (Å²) < 4.78 is 18.0. The highest BCUT2D eigenvalue weighted by molar-refractivity contribution is 6.33. The molecule has 6 heteroatoms. The summed E-state index contributed by atoms with van der Waals surface area (Å²) in [6, 6.07) is 3.02. The zero-order valence-corrected chi connectivity index (χ0v) is 11.8. The lowest BCUT2D eigenvalue weighted by atomic mass is 10.1. The number of hydrogen-bond acceptors (Lipinski definition) is 3. The molecule has 1 aromatic carbocycles. The molecule has 1 unspecified atom stereocenters. The molecule has 1 aliphatic heterocycles. The highest BCUT2D eigenvalue weighted by Crippen LogP contribution is 2.25. The van der Waals surface area contributed by atoms with Gasteiger partial charge in [-0.25, -0.2) is 9.18 Å². The predicted molar refractivity (Wildman–Crippen MR) is 72.1 cm³/mol. The van der Waals surface area contributed by atoms with Crippen molar-refractivity contribution < 1.29 is 18.7 Å². The van der Waals surface area contributed by atoms with Crippen LogP contribution >= 0.6 is 11.6 Å². The van der Waals surface area contributed by atoms with E-state index in [2.05, 4.69) is 0 Å². The molecule has 1 aromatic rings. The maximum Gasteiger partial charge on any atom is 0.328 e. The number of carbonyl (C=O) groups is 2. The minimum atomic E-state index is -0.580. The van der Waals surface area contributed by atoms with Gasteiger partial charge in [-0.1, -0.05) is 11.6 Å². The van der Waals surface area contributed by atoms with E-state index in [4.69, 9.17) is 16.3 Å². The van der Waals surface area contributed by atoms with Crippen molar-refractivity contribution in [2.75, 3.05) is 13.2 Å². The number of halogens is 2. The third-order valence-electron chi connectivity index (χ3n) is 3.23. The molecule has 0 N–H and O–H groups in total. The Kier molecular flexibility index (Phi) is 4.60. The quantitative estimate of drug-likeness (QED) is 0.806. The van der Waals surface area contributed by atoms with Crippen molar-refractivity contribution in [2.24, 2.45) is 0 Å². The minimum Gasteiger partial charge on any atom is -0.464 e. The molecule has 0 radical (unpaired) electrons. The number of hydrogen-bond donors (Lipinski definition) is 0. The molecular weight excluding hydrogens is 285 g/mol. The van der Waals surface area contributed by atoms with Crippen molar-refractivity contribution >= 4 is 23.5 Å². The van der Waals surface area contributed by atoms with Crippen LogP contribution in [0.3, 0.4) is 0 Å². The maximum atomic E-state index is 13.0. The lowest BCUT2D eigenvalue weighted by Gasteiger charge is -2.23. The zero-order chi connectivity index (χ0) is 14.7. The van der Waals surface area contributed by atoms with E-state index in [1.165, 1.54) is 17.0 Å². The number of nitrogens with zero attached hydrogens (tertiary/aromatic N) is 1. The van der Waals surface area contributed by atoms with Crippen LogP contribution in [0.15, 0.2) is 18.2 Å². The van der Waals surface area contributed by atoms with Crippen molar-refractivity contribution in [3.05, 3.63) is 34.6 Å². The van der Waals surface area contributed by atoms with Crippen LogP contribution in [0.2, 0.25) is 5.02 Å². The van der Waals surface area contributed by atoms with Gasteiger partial charge in [-0.3, -0.25) is 4.79 Å². The van der Waals surface area contributed by atoms with Gasteiger partial charge >= 0.3 is 5.97 Å². The summed E-state index contributed by atoms with van der Waals surface area (Å²) in [4.78, 5) is 25.7. The highest BCUT2D eigenvalue weighted by Gasteiger charge is 2.36. The second-order valence-electron chi connectivity index (χ2n) is 4.53. The van der Waals surface area contributed by atoms with Gasteiger partial charge < -0.3 is 9.64 Å². The second-order valence-corrected chi connectivity index (χ2v) is 4.94. The van der Waals surface area contributed by atoms with E-state index in [0.717, 1.165) is 12.5 Å². The van der Waals surface area contributed by atoms with E-state index in [1.54, 1.807) is 6.92 Å². The first-order valence-electron chi connectivity index (χ1n) is 6.47. The average molecular weight is 300 g/mol. The lowest BCUT2D eigenvalue weighted by Crippen LogP contribution is -2.41. The van der Waals surface area contributed by atoms with Crippen LogP contribution in [-0.4, -0.2) is 36.0 Å². The van der Waals surface area contributed by atoms with Crippen LogP contribution in [0.5, 0.6) is 0 Å². The van der Waals surface area contributed by atoms with Crippen LogP contribution < -0.4 is 0 Å². The Balaban J connectivity index is 2.21. The molecule has 0 spiro atoms. The first-order valence-corrected chi connectivity index (χ1v) is 6.85. The zero-order valence-electron chi connectivity index (χ0n) is 11.1. The summed E-state index contributed by atoms with van der Waals surface area (Å²) in [5.74, 6) is -1.28. The van der Waals surface area contributed by atoms with E-state index in [9.17, 15) is 14.0 Å². The lowest BCUT2D eigenvalue weighted by molar-refractivity contribution is -0.147. The number of ether oxygens (including phenoxy) is 1. The minimum absolute atomic E-state index is 0.0458. The summed E-state index contributed by atoms with van der Waals surface area (Å²) in [6.07, 6.45) is 1.30. The van der Waals surface area contributed by atoms with Gasteiger partial charge in [0.25, 0.3) is 5.91 Å². The van der Waals surface area contributed by atoms with Crippen LogP contribution in [0.25, 0.3) is 0 Å². The van der Waals surface area contributed by atoms with Crippen LogP contribution in [-0.2, 0) is 9.53 Å². The molecule has 1 amide bonds. The standard InChI is InChI=1S/C14H15ClFNO3/c1-2-20-14(19)12-4-3-7-17(12)13(18)10-6-5-9(16)8-11(10)15/h5-6,8,12H,2-4,7H2,1H3. The first kappa shape index (κ1) is 14.8. The third-order valence-corrected chi connectivity index (χ3v) is 3.55. The molecule has 1 heterocycles. The van der Waals surface area contributed by atoms with E-state index >= 15 is 0 Å². The third kappa shape index (κ3) is 2.93. The number of likely N-dealkylation sites (tertiary alicyclic amines) is 1. The van der Waals surface area contributed by atoms with E-state index in [1.807, 2.05) is 0 Å². The fourth-order valence-electron chi connectivity index (χ4n) is 2.31. The molecule has 20 heavy (non-hydrogen) atoms.